The van der Waals surface area contributed by atoms with Crippen molar-refractivity contribution < 1.29 is 4.74 Å². The van der Waals surface area contributed by atoms with Crippen LogP contribution in [0.25, 0.3) is 10.8 Å². The Kier molecular flexibility index (Phi) is 10.1. The van der Waals surface area contributed by atoms with E-state index in [0.717, 1.165) is 53.6 Å². The third-order valence-electron chi connectivity index (χ3n) is 5.33. The number of hydrogen-bond acceptors (Lipinski definition) is 3. The molecule has 150 valence electrons. The molecule has 1 atom stereocenters. The summed E-state index contributed by atoms with van der Waals surface area (Å²) in [5.41, 5.74) is 1.78. The Labute approximate surface area is 166 Å². The number of fused-ring (bicyclic) bond motifs is 1. The zero-order valence-corrected chi connectivity index (χ0v) is 18.3. The number of nitrogens with zero attached hydrogens (tertiary/aromatic N) is 1. The van der Waals surface area contributed by atoms with E-state index in [4.69, 9.17) is 10.1 Å². The highest BCUT2D eigenvalue weighted by Gasteiger charge is 2.20. The fraction of sp³-hybridized carbons (Fsp3) is 0.542. The van der Waals surface area contributed by atoms with E-state index >= 15 is 0 Å². The van der Waals surface area contributed by atoms with Gasteiger partial charge in [0.05, 0.1) is 7.11 Å². The maximum absolute atomic E-state index is 8.74. The van der Waals surface area contributed by atoms with Crippen molar-refractivity contribution in [2.45, 2.75) is 59.9 Å². The highest BCUT2D eigenvalue weighted by molar-refractivity contribution is 6.03. The van der Waals surface area contributed by atoms with Crippen molar-refractivity contribution in [3.63, 3.8) is 0 Å². The van der Waals surface area contributed by atoms with Gasteiger partial charge in [0.1, 0.15) is 5.75 Å². The molecule has 0 aromatic heterocycles. The van der Waals surface area contributed by atoms with Crippen molar-refractivity contribution in [3.05, 3.63) is 42.0 Å². The monoisotopic (exact) mass is 370 g/mol. The molecule has 3 nitrogen and oxygen atoms in total. The average Bonchev–Trinajstić information content (AvgIpc) is 2.73. The van der Waals surface area contributed by atoms with Crippen LogP contribution >= 0.6 is 0 Å². The molecular formula is C24H38N2O. The predicted octanol–water partition coefficient (Wildman–Crippen LogP) is 6.39. The van der Waals surface area contributed by atoms with Crippen molar-refractivity contribution in [1.29, 1.82) is 5.41 Å². The fourth-order valence-electron chi connectivity index (χ4n) is 3.59. The molecule has 0 saturated heterocycles. The van der Waals surface area contributed by atoms with Gasteiger partial charge in [-0.1, -0.05) is 52.8 Å². The standard InChI is InChI=1S/C22H32N2O.C2H6/c1-6-16(15-24(4)20(7-2)8-3)22(23)19-10-9-18-14-21(25-5)12-11-17(18)13-19;1-2/h9-14,16,20,23H,6-8,15H2,1-5H3;1-2H3. The summed E-state index contributed by atoms with van der Waals surface area (Å²) in [6, 6.07) is 13.0. The number of methoxy groups -OCH3 is 1. The van der Waals surface area contributed by atoms with E-state index in [1.165, 1.54) is 0 Å². The van der Waals surface area contributed by atoms with Crippen molar-refractivity contribution in [3.8, 4) is 5.75 Å². The zero-order valence-electron chi connectivity index (χ0n) is 18.3. The maximum atomic E-state index is 8.74. The smallest absolute Gasteiger partial charge is 0.119 e. The molecule has 27 heavy (non-hydrogen) atoms. The Morgan fingerprint density at radius 1 is 0.963 bits per heavy atom. The lowest BCUT2D eigenvalue weighted by Gasteiger charge is -2.30. The van der Waals surface area contributed by atoms with Crippen LogP contribution in [0.5, 0.6) is 5.75 Å². The van der Waals surface area contributed by atoms with E-state index in [2.05, 4.69) is 57.0 Å². The molecule has 0 aliphatic heterocycles. The van der Waals surface area contributed by atoms with Crippen LogP contribution in [-0.2, 0) is 0 Å². The van der Waals surface area contributed by atoms with Gasteiger partial charge in [-0.3, -0.25) is 0 Å². The van der Waals surface area contributed by atoms with Crippen LogP contribution in [0.15, 0.2) is 36.4 Å². The molecule has 0 saturated carbocycles. The molecule has 0 radical (unpaired) electrons. The Morgan fingerprint density at radius 3 is 2.11 bits per heavy atom. The zero-order chi connectivity index (χ0) is 20.4. The Bertz CT molecular complexity index is 707. The first-order valence-electron chi connectivity index (χ1n) is 10.4. The summed E-state index contributed by atoms with van der Waals surface area (Å²) in [7, 11) is 3.88. The highest BCUT2D eigenvalue weighted by Crippen LogP contribution is 2.24. The number of ether oxygens (including phenoxy) is 1. The third-order valence-corrected chi connectivity index (χ3v) is 5.33. The SMILES string of the molecule is CC.CCC(CN(C)C(CC)CC)C(=N)c1ccc2cc(OC)ccc2c1. The summed E-state index contributed by atoms with van der Waals surface area (Å²) in [5.74, 6) is 1.13. The molecule has 2 rings (SSSR count). The maximum Gasteiger partial charge on any atom is 0.119 e. The van der Waals surface area contributed by atoms with Crippen LogP contribution in [0.3, 0.4) is 0 Å². The van der Waals surface area contributed by atoms with Gasteiger partial charge < -0.3 is 15.0 Å². The Balaban J connectivity index is 0.00000176. The van der Waals surface area contributed by atoms with Gasteiger partial charge >= 0.3 is 0 Å². The summed E-state index contributed by atoms with van der Waals surface area (Å²) in [6.07, 6.45) is 3.31. The number of benzene rings is 2. The van der Waals surface area contributed by atoms with Gasteiger partial charge in [0.15, 0.2) is 0 Å². The fourth-order valence-corrected chi connectivity index (χ4v) is 3.59. The van der Waals surface area contributed by atoms with Gasteiger partial charge in [0, 0.05) is 24.2 Å². The number of hydrogen-bond donors (Lipinski definition) is 1. The summed E-state index contributed by atoms with van der Waals surface area (Å²) in [4.78, 5) is 2.43. The van der Waals surface area contributed by atoms with Gasteiger partial charge in [0.25, 0.3) is 0 Å². The molecule has 0 fully saturated rings. The second kappa shape index (κ2) is 11.8. The van der Waals surface area contributed by atoms with Gasteiger partial charge in [0.2, 0.25) is 0 Å². The van der Waals surface area contributed by atoms with E-state index in [1.54, 1.807) is 7.11 Å². The van der Waals surface area contributed by atoms with Crippen LogP contribution in [0, 0.1) is 11.3 Å². The molecule has 1 N–H and O–H groups in total. The molecular weight excluding hydrogens is 332 g/mol. The summed E-state index contributed by atoms with van der Waals surface area (Å²) in [5, 5.41) is 11.0. The van der Waals surface area contributed by atoms with Crippen molar-refractivity contribution in [2.75, 3.05) is 20.7 Å². The summed E-state index contributed by atoms with van der Waals surface area (Å²) in [6.45, 7) is 11.6. The molecule has 3 heteroatoms. The largest absolute Gasteiger partial charge is 0.497 e. The molecule has 0 spiro atoms. The first-order chi connectivity index (χ1) is 13.0. The minimum atomic E-state index is 0.265. The highest BCUT2D eigenvalue weighted by atomic mass is 16.5. The average molecular weight is 371 g/mol. The first-order valence-corrected chi connectivity index (χ1v) is 10.4. The molecule has 2 aromatic carbocycles. The van der Waals surface area contributed by atoms with Crippen molar-refractivity contribution in [1.82, 2.24) is 4.90 Å². The Morgan fingerprint density at radius 2 is 1.56 bits per heavy atom. The minimum absolute atomic E-state index is 0.265. The number of nitrogens with one attached hydrogen (secondary N) is 1. The lowest BCUT2D eigenvalue weighted by molar-refractivity contribution is 0.212. The molecule has 0 amide bonds. The van der Waals surface area contributed by atoms with E-state index in [0.29, 0.717) is 6.04 Å². The van der Waals surface area contributed by atoms with Crippen LogP contribution in [0.1, 0.15) is 59.4 Å². The topological polar surface area (TPSA) is 36.3 Å². The Hall–Kier alpha value is -1.87. The predicted molar refractivity (Wildman–Crippen MR) is 119 cm³/mol. The molecule has 0 bridgehead atoms. The van der Waals surface area contributed by atoms with Crippen LogP contribution in [0.4, 0.5) is 0 Å². The third kappa shape index (κ3) is 6.07. The first kappa shape index (κ1) is 23.2. The molecule has 2 aromatic rings. The van der Waals surface area contributed by atoms with Gasteiger partial charge in [-0.15, -0.1) is 0 Å². The van der Waals surface area contributed by atoms with Gasteiger partial charge in [-0.2, -0.15) is 0 Å². The lowest BCUT2D eigenvalue weighted by Crippen LogP contribution is -2.37. The van der Waals surface area contributed by atoms with E-state index in [1.807, 2.05) is 26.0 Å². The van der Waals surface area contributed by atoms with E-state index in [9.17, 15) is 0 Å². The second-order valence-corrected chi connectivity index (χ2v) is 6.86. The van der Waals surface area contributed by atoms with Crippen LogP contribution in [-0.4, -0.2) is 37.4 Å². The molecule has 0 aliphatic rings. The van der Waals surface area contributed by atoms with Gasteiger partial charge in [-0.25, -0.2) is 0 Å². The number of rotatable bonds is 9. The summed E-state index contributed by atoms with van der Waals surface area (Å²) >= 11 is 0. The van der Waals surface area contributed by atoms with Crippen molar-refractivity contribution >= 4 is 16.5 Å². The lowest BCUT2D eigenvalue weighted by atomic mass is 9.92. The van der Waals surface area contributed by atoms with Crippen molar-refractivity contribution in [2.24, 2.45) is 5.92 Å². The van der Waals surface area contributed by atoms with Gasteiger partial charge in [-0.05, 0) is 60.8 Å². The van der Waals surface area contributed by atoms with Crippen LogP contribution < -0.4 is 4.74 Å². The quantitative estimate of drug-likeness (QED) is 0.519. The second-order valence-electron chi connectivity index (χ2n) is 6.86. The van der Waals surface area contributed by atoms with E-state index < -0.39 is 0 Å². The van der Waals surface area contributed by atoms with Crippen LogP contribution in [0.2, 0.25) is 0 Å². The normalized spacial score (nSPS) is 12.0. The molecule has 0 heterocycles. The van der Waals surface area contributed by atoms with E-state index in [-0.39, 0.29) is 5.92 Å². The summed E-state index contributed by atoms with van der Waals surface area (Å²) < 4.78 is 5.30. The molecule has 0 aliphatic carbocycles. The minimum Gasteiger partial charge on any atom is -0.497 e. The molecule has 1 unspecified atom stereocenters.